The summed E-state index contributed by atoms with van der Waals surface area (Å²) in [5.74, 6) is -0.706. The van der Waals surface area contributed by atoms with Crippen molar-refractivity contribution in [3.63, 3.8) is 0 Å². The van der Waals surface area contributed by atoms with Gasteiger partial charge in [-0.1, -0.05) is 19.1 Å². The van der Waals surface area contributed by atoms with Crippen LogP contribution in [-0.4, -0.2) is 102 Å². The van der Waals surface area contributed by atoms with Crippen molar-refractivity contribution in [1.82, 2.24) is 10.2 Å². The van der Waals surface area contributed by atoms with Gasteiger partial charge < -0.3 is 39.6 Å². The molecular weight excluding hydrogens is 775 g/mol. The van der Waals surface area contributed by atoms with Crippen LogP contribution >= 0.6 is 0 Å². The SMILES string of the molecule is CCOc1ccc2c(c1)CC(NCCCCO)C(=O)N2c1ccc(CN2C(=O)[C@]3(O[C@H](CC(=O)N4CCC[C@H]4CO)[C@@H]([Si](C)(C)O)[C@@H]3C)c3cc([N+](=O)[O-])ccc32)cc1. The Balaban J connectivity index is 1.20. The second-order valence-electron chi connectivity index (χ2n) is 16.7. The van der Waals surface area contributed by atoms with Crippen molar-refractivity contribution in [3.05, 3.63) is 87.5 Å². The van der Waals surface area contributed by atoms with Crippen LogP contribution in [0.2, 0.25) is 18.6 Å². The van der Waals surface area contributed by atoms with E-state index >= 15 is 4.79 Å². The number of nitrogens with zero attached hydrogens (tertiary/aromatic N) is 4. The van der Waals surface area contributed by atoms with E-state index in [1.165, 1.54) is 12.1 Å². The van der Waals surface area contributed by atoms with Crippen molar-refractivity contribution in [2.45, 2.75) is 101 Å². The molecule has 0 bridgehead atoms. The maximum atomic E-state index is 15.0. The lowest BCUT2D eigenvalue weighted by molar-refractivity contribution is -0.385. The zero-order chi connectivity index (χ0) is 42.2. The predicted octanol–water partition coefficient (Wildman–Crippen LogP) is 4.66. The van der Waals surface area contributed by atoms with Gasteiger partial charge in [0.15, 0.2) is 13.9 Å². The van der Waals surface area contributed by atoms with E-state index in [0.29, 0.717) is 61.6 Å². The number of carbonyl (C=O) groups excluding carboxylic acids is 3. The van der Waals surface area contributed by atoms with Crippen molar-refractivity contribution in [2.75, 3.05) is 42.7 Å². The minimum atomic E-state index is -3.14. The summed E-state index contributed by atoms with van der Waals surface area (Å²) in [4.78, 5) is 71.0. The number of nitro groups is 1. The van der Waals surface area contributed by atoms with E-state index < -0.39 is 48.4 Å². The Morgan fingerprint density at radius 2 is 1.81 bits per heavy atom. The highest BCUT2D eigenvalue weighted by atomic mass is 28.4. The van der Waals surface area contributed by atoms with Crippen LogP contribution in [0.25, 0.3) is 0 Å². The van der Waals surface area contributed by atoms with Gasteiger partial charge in [0.1, 0.15) is 5.75 Å². The van der Waals surface area contributed by atoms with E-state index in [9.17, 15) is 34.7 Å². The van der Waals surface area contributed by atoms with Crippen molar-refractivity contribution < 1.29 is 43.8 Å². The Morgan fingerprint density at radius 1 is 1.07 bits per heavy atom. The number of hydrogen-bond acceptors (Lipinski definition) is 11. The van der Waals surface area contributed by atoms with Crippen molar-refractivity contribution in [3.8, 4) is 5.75 Å². The second-order valence-corrected chi connectivity index (χ2v) is 20.7. The number of carbonyl (C=O) groups is 3. The summed E-state index contributed by atoms with van der Waals surface area (Å²) in [6.45, 7) is 8.83. The Kier molecular flexibility index (Phi) is 12.3. The first kappa shape index (κ1) is 42.4. The molecule has 3 aromatic rings. The van der Waals surface area contributed by atoms with Crippen LogP contribution in [0.15, 0.2) is 60.7 Å². The molecule has 59 heavy (non-hydrogen) atoms. The molecule has 1 spiro atoms. The Labute approximate surface area is 345 Å². The fraction of sp³-hybridized carbons (Fsp3) is 0.512. The summed E-state index contributed by atoms with van der Waals surface area (Å²) in [5.41, 5.74) is 1.35. The van der Waals surface area contributed by atoms with Crippen molar-refractivity contribution in [1.29, 1.82) is 0 Å². The number of nitrogens with one attached hydrogen (secondary N) is 1. The van der Waals surface area contributed by atoms with Crippen LogP contribution in [0.3, 0.4) is 0 Å². The highest BCUT2D eigenvalue weighted by Crippen LogP contribution is 2.60. The topological polar surface area (TPSA) is 195 Å². The molecule has 2 saturated heterocycles. The van der Waals surface area contributed by atoms with Crippen LogP contribution in [0, 0.1) is 16.0 Å². The zero-order valence-electron chi connectivity index (χ0n) is 34.1. The first-order valence-corrected chi connectivity index (χ1v) is 23.7. The number of benzene rings is 3. The fourth-order valence-electron chi connectivity index (χ4n) is 9.83. The van der Waals surface area contributed by atoms with Crippen molar-refractivity contribution >= 4 is 48.8 Å². The standard InChI is InChI=1S/C43H55N5O10Si/c1-5-57-33-15-17-36-29(21-33)22-35(44-18-6-7-20-49)41(52)47(36)30-12-10-28(11-13-30)25-46-37-16-14-31(48(54)55)23-34(37)43(42(46)53)27(2)40(59(3,4)56)38(58-43)24-39(51)45-19-8-9-32(45)26-50/h10-17,21,23,27,32,35,38,40,44,49-50,56H,5-9,18-20,22,24-26H2,1-4H3/t27-,32-,35?,38+,40-,43+/m0/s1. The number of unbranched alkanes of at least 4 members (excludes halogenated alkanes) is 1. The molecular formula is C43H55N5O10Si. The number of aliphatic hydroxyl groups is 2. The Hall–Kier alpha value is -4.71. The van der Waals surface area contributed by atoms with Crippen molar-refractivity contribution in [2.24, 2.45) is 5.92 Å². The summed E-state index contributed by atoms with van der Waals surface area (Å²) >= 11 is 0. The molecule has 3 amide bonds. The van der Waals surface area contributed by atoms with Crippen LogP contribution in [0.5, 0.6) is 5.75 Å². The van der Waals surface area contributed by atoms with E-state index in [-0.39, 0.29) is 49.7 Å². The summed E-state index contributed by atoms with van der Waals surface area (Å²) < 4.78 is 12.6. The first-order valence-electron chi connectivity index (χ1n) is 20.7. The third-order valence-electron chi connectivity index (χ3n) is 12.5. The molecule has 316 valence electrons. The Bertz CT molecular complexity index is 2080. The summed E-state index contributed by atoms with van der Waals surface area (Å²) in [6.07, 6.45) is 2.33. The van der Waals surface area contributed by atoms with Crippen LogP contribution in [0.1, 0.15) is 62.6 Å². The number of anilines is 3. The molecule has 4 aliphatic rings. The van der Waals surface area contributed by atoms with Gasteiger partial charge in [-0.2, -0.15) is 0 Å². The summed E-state index contributed by atoms with van der Waals surface area (Å²) in [6, 6.07) is 16.5. The molecule has 6 atom stereocenters. The number of fused-ring (bicyclic) bond motifs is 3. The third-order valence-corrected chi connectivity index (χ3v) is 15.0. The number of likely N-dealkylation sites (tertiary alicyclic amines) is 1. The highest BCUT2D eigenvalue weighted by molar-refractivity contribution is 6.71. The number of rotatable bonds is 15. The summed E-state index contributed by atoms with van der Waals surface area (Å²) in [5, 5.41) is 34.7. The molecule has 0 saturated carbocycles. The lowest BCUT2D eigenvalue weighted by atomic mass is 9.82. The van der Waals surface area contributed by atoms with Gasteiger partial charge in [0.2, 0.25) is 11.8 Å². The van der Waals surface area contributed by atoms with E-state index in [1.807, 2.05) is 56.3 Å². The number of nitro benzene ring substituents is 1. The maximum absolute atomic E-state index is 15.0. The van der Waals surface area contributed by atoms with Crippen LogP contribution in [0.4, 0.5) is 22.7 Å². The number of non-ortho nitro benzene ring substituents is 1. The third kappa shape index (κ3) is 7.89. The van der Waals surface area contributed by atoms with Crippen LogP contribution < -0.4 is 19.9 Å². The molecule has 15 nitrogen and oxygen atoms in total. The van der Waals surface area contributed by atoms with Gasteiger partial charge in [-0.25, -0.2) is 0 Å². The van der Waals surface area contributed by atoms with Gasteiger partial charge >= 0.3 is 0 Å². The minimum Gasteiger partial charge on any atom is -0.494 e. The molecule has 0 radical (unpaired) electrons. The predicted molar refractivity (Wildman–Crippen MR) is 223 cm³/mol. The number of aliphatic hydroxyl groups excluding tert-OH is 2. The largest absolute Gasteiger partial charge is 0.494 e. The summed E-state index contributed by atoms with van der Waals surface area (Å²) in [7, 11) is -3.14. The molecule has 7 rings (SSSR count). The van der Waals surface area contributed by atoms with E-state index in [0.717, 1.165) is 29.7 Å². The average molecular weight is 830 g/mol. The molecule has 4 aliphatic heterocycles. The molecule has 4 N–H and O–H groups in total. The molecule has 3 aromatic carbocycles. The lowest BCUT2D eigenvalue weighted by Gasteiger charge is -2.35. The van der Waals surface area contributed by atoms with Gasteiger partial charge in [0, 0.05) is 48.0 Å². The van der Waals surface area contributed by atoms with E-state index in [4.69, 9.17) is 9.47 Å². The normalized spacial score (nSPS) is 25.2. The quantitative estimate of drug-likeness (QED) is 0.0720. The van der Waals surface area contributed by atoms with Gasteiger partial charge in [-0.3, -0.25) is 29.4 Å². The number of ether oxygens (including phenoxy) is 2. The van der Waals surface area contributed by atoms with E-state index in [2.05, 4.69) is 5.32 Å². The van der Waals surface area contributed by atoms with Gasteiger partial charge in [0.05, 0.1) is 60.7 Å². The molecule has 0 aliphatic carbocycles. The highest BCUT2D eigenvalue weighted by Gasteiger charge is 2.67. The lowest BCUT2D eigenvalue weighted by Crippen LogP contribution is -2.49. The average Bonchev–Trinajstić information content (AvgIpc) is 3.87. The minimum absolute atomic E-state index is 0.0800. The zero-order valence-corrected chi connectivity index (χ0v) is 35.1. The first-order chi connectivity index (χ1) is 28.2. The smallest absolute Gasteiger partial charge is 0.269 e. The molecule has 1 unspecified atom stereocenters. The van der Waals surface area contributed by atoms with Gasteiger partial charge in [-0.15, -0.1) is 0 Å². The maximum Gasteiger partial charge on any atom is 0.269 e. The molecule has 4 heterocycles. The van der Waals surface area contributed by atoms with Gasteiger partial charge in [-0.05, 0) is 106 Å². The monoisotopic (exact) mass is 829 g/mol. The number of hydrogen-bond donors (Lipinski definition) is 4. The number of amides is 3. The molecule has 0 aromatic heterocycles. The molecule has 16 heteroatoms. The van der Waals surface area contributed by atoms with E-state index in [1.54, 1.807) is 33.9 Å². The van der Waals surface area contributed by atoms with Gasteiger partial charge in [0.25, 0.3) is 11.6 Å². The second kappa shape index (κ2) is 17.1. The molecule has 2 fully saturated rings. The van der Waals surface area contributed by atoms with Crippen LogP contribution in [-0.2, 0) is 37.7 Å². The Morgan fingerprint density at radius 3 is 2.49 bits per heavy atom. The fourth-order valence-corrected chi connectivity index (χ4v) is 12.4.